The molecule has 2 aliphatic rings. The Kier molecular flexibility index (Phi) is 10.1. The predicted molar refractivity (Wildman–Crippen MR) is 134 cm³/mol. The van der Waals surface area contributed by atoms with Crippen molar-refractivity contribution in [2.24, 2.45) is 0 Å². The molecule has 2 aliphatic heterocycles. The molecule has 0 amide bonds. The van der Waals surface area contributed by atoms with Crippen molar-refractivity contribution in [3.63, 3.8) is 0 Å². The Morgan fingerprint density at radius 1 is 0.744 bits per heavy atom. The first-order chi connectivity index (χ1) is 18.4. The summed E-state index contributed by atoms with van der Waals surface area (Å²) in [5.74, 6) is 0. The number of benzene rings is 2. The van der Waals surface area contributed by atoms with Gasteiger partial charge in [0, 0.05) is 49.3 Å². The fourth-order valence-electron chi connectivity index (χ4n) is 4.67. The molecule has 13 heteroatoms. The molecule has 0 unspecified atom stereocenters. The van der Waals surface area contributed by atoms with Crippen molar-refractivity contribution in [2.75, 3.05) is 52.5 Å². The van der Waals surface area contributed by atoms with Gasteiger partial charge >= 0.3 is 12.4 Å². The Morgan fingerprint density at radius 3 is 1.51 bits per heavy atom. The van der Waals surface area contributed by atoms with Gasteiger partial charge in [0.25, 0.3) is 0 Å². The number of hydrogen-bond donors (Lipinski definition) is 0. The van der Waals surface area contributed by atoms with E-state index in [0.717, 1.165) is 0 Å². The van der Waals surface area contributed by atoms with Crippen LogP contribution in [-0.4, -0.2) is 86.8 Å². The van der Waals surface area contributed by atoms with E-state index in [-0.39, 0.29) is 39.4 Å². The number of ether oxygens (including phenoxy) is 3. The molecule has 2 heterocycles. The molecule has 5 nitrogen and oxygen atoms in total. The molecule has 2 fully saturated rings. The van der Waals surface area contributed by atoms with E-state index < -0.39 is 49.9 Å². The van der Waals surface area contributed by atoms with Crippen molar-refractivity contribution in [2.45, 2.75) is 36.8 Å². The minimum atomic E-state index is -5.01. The van der Waals surface area contributed by atoms with Crippen molar-refractivity contribution >= 4 is 23.2 Å². The Hall–Kier alpha value is -1.60. The lowest BCUT2D eigenvalue weighted by molar-refractivity contribution is -0.292. The van der Waals surface area contributed by atoms with Crippen LogP contribution >= 0.6 is 23.2 Å². The second kappa shape index (κ2) is 12.9. The molecule has 2 saturated heterocycles. The van der Waals surface area contributed by atoms with Crippen LogP contribution in [0.3, 0.4) is 0 Å². The number of morpholine rings is 2. The summed E-state index contributed by atoms with van der Waals surface area (Å²) in [6, 6.07) is 13.5. The van der Waals surface area contributed by atoms with Gasteiger partial charge in [-0.1, -0.05) is 47.5 Å². The van der Waals surface area contributed by atoms with Crippen molar-refractivity contribution in [3.8, 4) is 0 Å². The number of nitrogens with zero attached hydrogens (tertiary/aromatic N) is 2. The summed E-state index contributed by atoms with van der Waals surface area (Å²) in [7, 11) is 0. The van der Waals surface area contributed by atoms with Crippen LogP contribution in [0.5, 0.6) is 0 Å². The SMILES string of the molecule is FC(F)(F)[C@H](CN1CCO[C@H](c2cccc(Cl)c2)C1)O[C@@H](CN1CCO[C@H](c2cccc(Cl)c2)C1)C(F)(F)F. The molecule has 0 saturated carbocycles. The third-order valence-corrected chi connectivity index (χ3v) is 7.12. The van der Waals surface area contributed by atoms with E-state index >= 15 is 0 Å². The van der Waals surface area contributed by atoms with E-state index in [2.05, 4.69) is 0 Å². The average Bonchev–Trinajstić information content (AvgIpc) is 2.87. The topological polar surface area (TPSA) is 34.2 Å². The molecule has 2 aromatic rings. The molecule has 0 N–H and O–H groups in total. The summed E-state index contributed by atoms with van der Waals surface area (Å²) in [6.07, 6.45) is -16.5. The number of alkyl halides is 6. The summed E-state index contributed by atoms with van der Waals surface area (Å²) in [6.45, 7) is -0.944. The predicted octanol–water partition coefficient (Wildman–Crippen LogP) is 6.32. The van der Waals surface area contributed by atoms with Crippen LogP contribution in [0.4, 0.5) is 26.3 Å². The second-order valence-electron chi connectivity index (χ2n) is 9.54. The highest BCUT2D eigenvalue weighted by Crippen LogP contribution is 2.33. The molecule has 39 heavy (non-hydrogen) atoms. The zero-order valence-electron chi connectivity index (χ0n) is 20.7. The van der Waals surface area contributed by atoms with Gasteiger partial charge in [-0.05, 0) is 35.4 Å². The zero-order valence-corrected chi connectivity index (χ0v) is 22.2. The minimum absolute atomic E-state index is 0.0533. The van der Waals surface area contributed by atoms with Crippen LogP contribution < -0.4 is 0 Å². The summed E-state index contributed by atoms with van der Waals surface area (Å²) in [5, 5.41) is 0.886. The molecular weight excluding hydrogens is 573 g/mol. The van der Waals surface area contributed by atoms with Gasteiger partial charge in [0.15, 0.2) is 12.2 Å². The third-order valence-electron chi connectivity index (χ3n) is 6.65. The quantitative estimate of drug-likeness (QED) is 0.331. The highest BCUT2D eigenvalue weighted by molar-refractivity contribution is 6.30. The summed E-state index contributed by atoms with van der Waals surface area (Å²) >= 11 is 12.0. The van der Waals surface area contributed by atoms with E-state index in [1.54, 1.807) is 48.5 Å². The first-order valence-corrected chi connectivity index (χ1v) is 13.1. The van der Waals surface area contributed by atoms with Crippen LogP contribution in [0.15, 0.2) is 48.5 Å². The van der Waals surface area contributed by atoms with Crippen molar-refractivity contribution in [1.82, 2.24) is 9.80 Å². The normalized spacial score (nSPS) is 23.5. The third kappa shape index (κ3) is 8.69. The molecule has 0 bridgehead atoms. The lowest BCUT2D eigenvalue weighted by atomic mass is 10.1. The van der Waals surface area contributed by atoms with E-state index in [1.807, 2.05) is 0 Å². The highest BCUT2D eigenvalue weighted by Gasteiger charge is 2.50. The Morgan fingerprint density at radius 2 is 1.15 bits per heavy atom. The van der Waals surface area contributed by atoms with Gasteiger partial charge in [0.1, 0.15) is 0 Å². The van der Waals surface area contributed by atoms with E-state index in [0.29, 0.717) is 21.2 Å². The van der Waals surface area contributed by atoms with Crippen molar-refractivity contribution in [1.29, 1.82) is 0 Å². The molecule has 0 spiro atoms. The van der Waals surface area contributed by atoms with Crippen LogP contribution in [0, 0.1) is 0 Å². The van der Waals surface area contributed by atoms with Gasteiger partial charge in [0.05, 0.1) is 25.4 Å². The maximum Gasteiger partial charge on any atom is 0.415 e. The Labute approximate surface area is 232 Å². The maximum atomic E-state index is 14.0. The summed E-state index contributed by atoms with van der Waals surface area (Å²) < 4.78 is 100. The van der Waals surface area contributed by atoms with Crippen LogP contribution in [0.25, 0.3) is 0 Å². The lowest BCUT2D eigenvalue weighted by Crippen LogP contribution is -2.53. The molecule has 0 radical (unpaired) electrons. The monoisotopic (exact) mass is 600 g/mol. The molecule has 0 aliphatic carbocycles. The lowest BCUT2D eigenvalue weighted by Gasteiger charge is -2.38. The number of rotatable bonds is 8. The number of halogens is 8. The Balaban J connectivity index is 1.43. The molecular formula is C26H28Cl2F6N2O3. The summed E-state index contributed by atoms with van der Waals surface area (Å²) in [5.41, 5.74) is 1.35. The molecule has 4 rings (SSSR count). The van der Waals surface area contributed by atoms with Crippen LogP contribution in [0.1, 0.15) is 23.3 Å². The maximum absolute atomic E-state index is 14.0. The molecule has 2 aromatic carbocycles. The van der Waals surface area contributed by atoms with Gasteiger partial charge in [-0.3, -0.25) is 9.80 Å². The average molecular weight is 601 g/mol. The molecule has 0 aromatic heterocycles. The van der Waals surface area contributed by atoms with Crippen LogP contribution in [-0.2, 0) is 14.2 Å². The molecule has 4 atom stereocenters. The largest absolute Gasteiger partial charge is 0.415 e. The van der Waals surface area contributed by atoms with Gasteiger partial charge in [-0.15, -0.1) is 0 Å². The smallest absolute Gasteiger partial charge is 0.371 e. The van der Waals surface area contributed by atoms with Gasteiger partial charge in [0.2, 0.25) is 0 Å². The van der Waals surface area contributed by atoms with Gasteiger partial charge in [-0.2, -0.15) is 26.3 Å². The van der Waals surface area contributed by atoms with Gasteiger partial charge in [-0.25, -0.2) is 0 Å². The molecule has 216 valence electrons. The fraction of sp³-hybridized carbons (Fsp3) is 0.538. The number of hydrogen-bond acceptors (Lipinski definition) is 5. The van der Waals surface area contributed by atoms with Crippen molar-refractivity contribution < 1.29 is 40.6 Å². The highest BCUT2D eigenvalue weighted by atomic mass is 35.5. The zero-order chi connectivity index (χ0) is 28.2. The van der Waals surface area contributed by atoms with E-state index in [9.17, 15) is 26.3 Å². The first kappa shape index (κ1) is 30.4. The standard InChI is InChI=1S/C26H28Cl2F6N2O3/c27-19-5-1-3-17(11-19)21-13-35(7-9-37-21)15-23(25(29,30)31)39-24(26(32,33)34)16-36-8-10-38-22(14-36)18-4-2-6-20(28)12-18/h1-6,11-12,21-24H,7-10,13-16H2/t21-,22-,23-,24-/m0/s1. The second-order valence-corrected chi connectivity index (χ2v) is 10.4. The Bertz CT molecular complexity index is 1010. The van der Waals surface area contributed by atoms with E-state index in [1.165, 1.54) is 9.80 Å². The fourth-order valence-corrected chi connectivity index (χ4v) is 5.07. The van der Waals surface area contributed by atoms with E-state index in [4.69, 9.17) is 37.4 Å². The van der Waals surface area contributed by atoms with Crippen molar-refractivity contribution in [3.05, 3.63) is 69.7 Å². The summed E-state index contributed by atoms with van der Waals surface area (Å²) in [4.78, 5) is 2.81. The minimum Gasteiger partial charge on any atom is -0.371 e. The van der Waals surface area contributed by atoms with Gasteiger partial charge < -0.3 is 14.2 Å². The first-order valence-electron chi connectivity index (χ1n) is 12.4. The van der Waals surface area contributed by atoms with Crippen LogP contribution in [0.2, 0.25) is 10.0 Å².